The molecule has 1 spiro atoms. The first-order valence-electron chi connectivity index (χ1n) is 30.5. The molecule has 0 aromatic heterocycles. The minimum Gasteiger partial charge on any atom is -0.508 e. The van der Waals surface area contributed by atoms with Crippen molar-refractivity contribution >= 4 is 33.6 Å². The fourth-order valence-corrected chi connectivity index (χ4v) is 19.2. The Morgan fingerprint density at radius 2 is 1.81 bits per heavy atom. The van der Waals surface area contributed by atoms with Gasteiger partial charge in [-0.1, -0.05) is 100 Å². The van der Waals surface area contributed by atoms with Crippen molar-refractivity contribution in [2.24, 2.45) is 41.2 Å². The van der Waals surface area contributed by atoms with Gasteiger partial charge in [-0.15, -0.1) is 0 Å². The Kier molecular flexibility index (Phi) is 15.3. The number of dihydropyridines is 1. The van der Waals surface area contributed by atoms with Crippen LogP contribution >= 0.6 is 21.6 Å². The van der Waals surface area contributed by atoms with Gasteiger partial charge in [0.2, 0.25) is 0 Å². The summed E-state index contributed by atoms with van der Waals surface area (Å²) in [5.74, 6) is 17.2. The van der Waals surface area contributed by atoms with E-state index in [-0.39, 0.29) is 73.0 Å². The number of aliphatic hydroxyl groups excluding tert-OH is 1. The number of hydrogen-bond acceptors (Lipinski definition) is 15. The van der Waals surface area contributed by atoms with E-state index in [2.05, 4.69) is 94.3 Å². The summed E-state index contributed by atoms with van der Waals surface area (Å²) in [6.45, 7) is 2.31. The zero-order valence-electron chi connectivity index (χ0n) is 48.1. The van der Waals surface area contributed by atoms with Crippen molar-refractivity contribution < 1.29 is 43.8 Å². The Balaban J connectivity index is 1.10. The van der Waals surface area contributed by atoms with Crippen molar-refractivity contribution in [3.8, 4) is 63.6 Å². The van der Waals surface area contributed by atoms with Gasteiger partial charge in [0.25, 0.3) is 0 Å². The van der Waals surface area contributed by atoms with Crippen LogP contribution in [0.1, 0.15) is 120 Å². The number of carbonyl (C=O) groups excluding carboxylic acids is 1. The van der Waals surface area contributed by atoms with Crippen LogP contribution in [-0.2, 0) is 45.5 Å². The van der Waals surface area contributed by atoms with E-state index in [9.17, 15) is 20.1 Å². The minimum absolute atomic E-state index is 0.00455. The van der Waals surface area contributed by atoms with E-state index in [4.69, 9.17) is 29.4 Å². The number of ether oxygens (including phenoxy) is 5. The van der Waals surface area contributed by atoms with Crippen molar-refractivity contribution in [3.05, 3.63) is 128 Å². The maximum atomic E-state index is 13.5. The number of allylic oxidation sites excluding steroid dienone is 3. The topological polar surface area (TPSA) is 186 Å². The lowest BCUT2D eigenvalue weighted by Gasteiger charge is -2.40. The molecule has 0 amide bonds. The predicted molar refractivity (Wildman–Crippen MR) is 329 cm³/mol. The molecule has 13 nitrogen and oxygen atoms in total. The summed E-state index contributed by atoms with van der Waals surface area (Å²) < 4.78 is 33.9. The second-order valence-corrected chi connectivity index (χ2v) is 27.9. The van der Waals surface area contributed by atoms with E-state index in [1.807, 2.05) is 33.7 Å². The van der Waals surface area contributed by atoms with Crippen LogP contribution in [0.5, 0.6) is 28.7 Å². The van der Waals surface area contributed by atoms with Gasteiger partial charge in [0.05, 0.1) is 37.5 Å². The zero-order chi connectivity index (χ0) is 57.4. The van der Waals surface area contributed by atoms with Gasteiger partial charge in [0.15, 0.2) is 11.5 Å². The number of aliphatic hydroxyl groups is 1. The largest absolute Gasteiger partial charge is 0.508 e. The molecule has 1 saturated heterocycles. The Labute approximate surface area is 501 Å². The average molecular weight is 1170 g/mol. The molecular weight excluding hydrogens is 1090 g/mol. The summed E-state index contributed by atoms with van der Waals surface area (Å²) in [4.78, 5) is 13.3. The molecule has 84 heavy (non-hydrogen) atoms. The number of methoxy groups -OCH3 is 2. The fraction of sp³-hybridized carbons (Fsp3) is 0.493. The Bertz CT molecular complexity index is 3520. The molecule has 6 aliphatic heterocycles. The maximum Gasteiger partial charge on any atom is 0.302 e. The normalized spacial score (nSPS) is 32.1. The van der Waals surface area contributed by atoms with Crippen LogP contribution in [0, 0.1) is 59.2 Å². The molecule has 14 rings (SSSR count). The van der Waals surface area contributed by atoms with Crippen molar-refractivity contribution in [2.75, 3.05) is 52.1 Å². The summed E-state index contributed by atoms with van der Waals surface area (Å²) >= 11 is 0. The highest BCUT2D eigenvalue weighted by molar-refractivity contribution is 8.76. The third-order valence-corrected chi connectivity index (χ3v) is 22.9. The van der Waals surface area contributed by atoms with Crippen LogP contribution in [-0.4, -0.2) is 97.7 Å². The fourth-order valence-electron chi connectivity index (χ4n) is 16.5. The molecule has 10 aliphatic rings. The second-order valence-electron chi connectivity index (χ2n) is 25.4. The monoisotopic (exact) mass is 1170 g/mol. The molecule has 4 aromatic carbocycles. The SMILES string of the molecule is COCC1C2C#CC3C#CC4=C(C=CC(N)N4)C(Cc4cccc(c4)C2)C2CCC4(Cc5cc(O)cc(OC)c5-c5ccc6c(c54)OC(c4c5c(c(O)c(c43)CNCC1CO)OC1CSSCC3CCCC(C3)NC1C=C5)C6COC(C)=O)C2. The van der Waals surface area contributed by atoms with E-state index in [1.165, 1.54) is 25.3 Å². The molecule has 15 heteroatoms. The number of benzene rings is 4. The Morgan fingerprint density at radius 3 is 2.65 bits per heavy atom. The molecule has 4 aliphatic carbocycles. The Hall–Kier alpha value is -6.01. The number of rotatable bonds is 6. The standard InChI is InChI=1S/C69H76N4O9S2/c1-37(75)80-34-55-49-13-14-50-61-44(26-47(76)27-58(61)79-3)29-69-21-20-43(28-69)52-25-39-7-4-6-38(22-39)23-42-11-10-41(12-17-56-48(52)16-19-60(70)73-56)62-53(31-71-30-45(32-74)54(42)33-78-2)65(77)68-51(63(62)66(55)82-67(49)64(50)69)15-18-57-59(81-68)36-84-83-35-40-8-5-9-46(24-40)72-57/h4,6-7,13-16,18-19,22,26-27,40-43,45-46,52,54-55,57,59-60,66,71-74,76-77H,5,8-9,20-21,23-25,28-36,70H2,1-3H3. The van der Waals surface area contributed by atoms with Crippen LogP contribution in [0.3, 0.4) is 0 Å². The molecule has 4 aromatic rings. The first-order valence-corrected chi connectivity index (χ1v) is 33.0. The van der Waals surface area contributed by atoms with Gasteiger partial charge in [-0.3, -0.25) is 4.79 Å². The van der Waals surface area contributed by atoms with Crippen LogP contribution < -0.4 is 35.9 Å². The summed E-state index contributed by atoms with van der Waals surface area (Å²) in [6.07, 6.45) is 16.1. The minimum atomic E-state index is -0.844. The van der Waals surface area contributed by atoms with Crippen molar-refractivity contribution in [3.63, 3.8) is 0 Å². The first kappa shape index (κ1) is 55.8. The number of phenols is 2. The lowest BCUT2D eigenvalue weighted by Crippen LogP contribution is -2.49. The van der Waals surface area contributed by atoms with Gasteiger partial charge >= 0.3 is 5.97 Å². The number of fused-ring (bicyclic) bond motifs is 14. The van der Waals surface area contributed by atoms with Gasteiger partial charge in [0.1, 0.15) is 42.0 Å². The molecule has 438 valence electrons. The highest BCUT2D eigenvalue weighted by Crippen LogP contribution is 2.64. The Morgan fingerprint density at radius 1 is 0.940 bits per heavy atom. The predicted octanol–water partition coefficient (Wildman–Crippen LogP) is 9.64. The van der Waals surface area contributed by atoms with Gasteiger partial charge in [-0.2, -0.15) is 0 Å². The van der Waals surface area contributed by atoms with Gasteiger partial charge in [-0.25, -0.2) is 0 Å². The number of nitrogens with one attached hydrogen (secondary N) is 3. The molecule has 14 unspecified atom stereocenters. The van der Waals surface area contributed by atoms with E-state index in [0.29, 0.717) is 71.9 Å². The lowest BCUT2D eigenvalue weighted by atomic mass is 9.64. The van der Waals surface area contributed by atoms with E-state index >= 15 is 0 Å². The smallest absolute Gasteiger partial charge is 0.302 e. The van der Waals surface area contributed by atoms with Crippen LogP contribution in [0.15, 0.2) is 78.0 Å². The molecule has 3 fully saturated rings. The van der Waals surface area contributed by atoms with Gasteiger partial charge in [-0.05, 0) is 127 Å². The van der Waals surface area contributed by atoms with E-state index < -0.39 is 35.5 Å². The van der Waals surface area contributed by atoms with Crippen LogP contribution in [0.4, 0.5) is 0 Å². The molecule has 6 heterocycles. The summed E-state index contributed by atoms with van der Waals surface area (Å²) in [7, 11) is 7.14. The number of carbonyl (C=O) groups is 1. The molecule has 11 bridgehead atoms. The first-order chi connectivity index (χ1) is 41.0. The third-order valence-electron chi connectivity index (χ3n) is 20.4. The second kappa shape index (κ2) is 23.0. The summed E-state index contributed by atoms with van der Waals surface area (Å²) in [5, 5.41) is 47.9. The number of hydrogen-bond donors (Lipinski definition) is 7. The molecular formula is C69H76N4O9S2. The van der Waals surface area contributed by atoms with Crippen LogP contribution in [0.25, 0.3) is 17.2 Å². The molecule has 0 radical (unpaired) electrons. The molecule has 2 saturated carbocycles. The number of esters is 1. The maximum absolute atomic E-state index is 13.5. The molecule has 8 N–H and O–H groups in total. The lowest BCUT2D eigenvalue weighted by molar-refractivity contribution is -0.141. The van der Waals surface area contributed by atoms with E-state index in [0.717, 1.165) is 100 Å². The average Bonchev–Trinajstić information content (AvgIpc) is 1.60. The van der Waals surface area contributed by atoms with Crippen LogP contribution in [0.2, 0.25) is 0 Å². The number of phenolic OH excluding ortho intramolecular Hbond substituents is 2. The van der Waals surface area contributed by atoms with Crippen molar-refractivity contribution in [1.82, 2.24) is 16.0 Å². The van der Waals surface area contributed by atoms with E-state index in [1.54, 1.807) is 20.3 Å². The highest BCUT2D eigenvalue weighted by Gasteiger charge is 2.53. The number of nitrogens with two attached hydrogens (primary N) is 1. The van der Waals surface area contributed by atoms with Crippen molar-refractivity contribution in [1.29, 1.82) is 0 Å². The summed E-state index contributed by atoms with van der Waals surface area (Å²) in [5.41, 5.74) is 18.3. The van der Waals surface area contributed by atoms with Gasteiger partial charge < -0.3 is 60.7 Å². The molecule has 14 atom stereocenters. The van der Waals surface area contributed by atoms with Gasteiger partial charge in [0, 0.05) is 114 Å². The summed E-state index contributed by atoms with van der Waals surface area (Å²) in [6, 6.07) is 17.1. The van der Waals surface area contributed by atoms with Crippen molar-refractivity contribution in [2.45, 2.75) is 125 Å². The third kappa shape index (κ3) is 10.1. The zero-order valence-corrected chi connectivity index (χ0v) is 49.8. The quantitative estimate of drug-likeness (QED) is 0.0550. The number of aromatic hydroxyl groups is 2. The highest BCUT2D eigenvalue weighted by atomic mass is 33.1.